The molecule has 0 radical (unpaired) electrons. The highest BCUT2D eigenvalue weighted by Crippen LogP contribution is 2.65. The average molecular weight is 402 g/mol. The maximum Gasteiger partial charge on any atom is 0.119 e. The molecule has 0 saturated heterocycles. The van der Waals surface area contributed by atoms with E-state index < -0.39 is 5.41 Å². The quantitative estimate of drug-likeness (QED) is 0.333. The molecule has 2 aliphatic rings. The standard InChI is InChI=1S/C29H22O2/c1-3-7-21-26(31)15-13-24-27(21)22-10-6-9-20-19-8-4-5-11-23(19)29(24,28(20)22)18-12-14-25(30)17(2)16-18/h3-6,8-16,30-31H,1,7H2,2H3. The zero-order valence-electron chi connectivity index (χ0n) is 17.3. The highest BCUT2D eigenvalue weighted by molar-refractivity contribution is 6.00. The monoisotopic (exact) mass is 402 g/mol. The zero-order valence-corrected chi connectivity index (χ0v) is 17.3. The molecule has 1 atom stereocenters. The third kappa shape index (κ3) is 2.07. The number of phenolic OH excluding ortho intramolecular Hbond substituents is 2. The molecule has 0 heterocycles. The Morgan fingerprint density at radius 3 is 2.35 bits per heavy atom. The molecular weight excluding hydrogens is 380 g/mol. The second kappa shape index (κ2) is 6.12. The van der Waals surface area contributed by atoms with Crippen molar-refractivity contribution in [3.05, 3.63) is 119 Å². The fraction of sp³-hybridized carbons (Fsp3) is 0.103. The minimum Gasteiger partial charge on any atom is -0.508 e. The van der Waals surface area contributed by atoms with Gasteiger partial charge in [-0.15, -0.1) is 6.58 Å². The van der Waals surface area contributed by atoms with Gasteiger partial charge in [-0.1, -0.05) is 66.7 Å². The smallest absolute Gasteiger partial charge is 0.119 e. The lowest BCUT2D eigenvalue weighted by atomic mass is 9.70. The largest absolute Gasteiger partial charge is 0.508 e. The van der Waals surface area contributed by atoms with E-state index in [0.717, 1.165) is 22.3 Å². The molecule has 0 fully saturated rings. The van der Waals surface area contributed by atoms with Crippen molar-refractivity contribution >= 4 is 0 Å². The number of phenols is 2. The van der Waals surface area contributed by atoms with Crippen molar-refractivity contribution in [2.24, 2.45) is 0 Å². The van der Waals surface area contributed by atoms with Crippen LogP contribution in [0.15, 0.2) is 85.5 Å². The third-order valence-corrected chi connectivity index (χ3v) is 7.00. The molecule has 0 spiro atoms. The highest BCUT2D eigenvalue weighted by atomic mass is 16.3. The fourth-order valence-corrected chi connectivity index (χ4v) is 5.80. The summed E-state index contributed by atoms with van der Waals surface area (Å²) < 4.78 is 0. The van der Waals surface area contributed by atoms with Crippen molar-refractivity contribution in [2.75, 3.05) is 0 Å². The van der Waals surface area contributed by atoms with E-state index in [-0.39, 0.29) is 0 Å². The summed E-state index contributed by atoms with van der Waals surface area (Å²) >= 11 is 0. The minimum absolute atomic E-state index is 0.302. The van der Waals surface area contributed by atoms with E-state index in [0.29, 0.717) is 17.9 Å². The second-order valence-corrected chi connectivity index (χ2v) is 8.50. The van der Waals surface area contributed by atoms with Crippen molar-refractivity contribution in [1.82, 2.24) is 0 Å². The number of hydrogen-bond donors (Lipinski definition) is 2. The molecule has 31 heavy (non-hydrogen) atoms. The fourth-order valence-electron chi connectivity index (χ4n) is 5.80. The van der Waals surface area contributed by atoms with Crippen molar-refractivity contribution in [1.29, 1.82) is 0 Å². The van der Waals surface area contributed by atoms with Gasteiger partial charge in [-0.25, -0.2) is 0 Å². The molecular formula is C29H22O2. The van der Waals surface area contributed by atoms with Crippen LogP contribution in [0.1, 0.15) is 33.4 Å². The number of rotatable bonds is 3. The Hall–Kier alpha value is -3.78. The van der Waals surface area contributed by atoms with Gasteiger partial charge in [0.15, 0.2) is 0 Å². The van der Waals surface area contributed by atoms with Crippen molar-refractivity contribution in [2.45, 2.75) is 18.8 Å². The lowest BCUT2D eigenvalue weighted by molar-refractivity contribution is 0.469. The normalized spacial score (nSPS) is 17.2. The Bertz CT molecular complexity index is 1410. The van der Waals surface area contributed by atoms with Gasteiger partial charge in [0.1, 0.15) is 11.5 Å². The zero-order chi connectivity index (χ0) is 21.3. The van der Waals surface area contributed by atoms with Gasteiger partial charge in [0.25, 0.3) is 0 Å². The number of allylic oxidation sites excluding steroid dienone is 1. The van der Waals surface area contributed by atoms with Gasteiger partial charge in [-0.3, -0.25) is 0 Å². The van der Waals surface area contributed by atoms with Crippen LogP contribution in [0.25, 0.3) is 22.3 Å². The molecule has 1 unspecified atom stereocenters. The predicted octanol–water partition coefficient (Wildman–Crippen LogP) is 6.48. The van der Waals surface area contributed by atoms with Crippen LogP contribution in [-0.4, -0.2) is 10.2 Å². The third-order valence-electron chi connectivity index (χ3n) is 7.00. The minimum atomic E-state index is -0.472. The molecule has 0 aliphatic heterocycles. The first kappa shape index (κ1) is 18.0. The van der Waals surface area contributed by atoms with Crippen LogP contribution in [0, 0.1) is 6.92 Å². The Morgan fingerprint density at radius 2 is 1.55 bits per heavy atom. The van der Waals surface area contributed by atoms with Crippen molar-refractivity contribution in [3.63, 3.8) is 0 Å². The highest BCUT2D eigenvalue weighted by Gasteiger charge is 2.53. The van der Waals surface area contributed by atoms with E-state index in [2.05, 4.69) is 61.2 Å². The summed E-state index contributed by atoms with van der Waals surface area (Å²) in [4.78, 5) is 0. The van der Waals surface area contributed by atoms with Gasteiger partial charge in [-0.05, 0) is 75.5 Å². The number of aromatic hydroxyl groups is 2. The van der Waals surface area contributed by atoms with Gasteiger partial charge in [-0.2, -0.15) is 0 Å². The van der Waals surface area contributed by atoms with E-state index >= 15 is 0 Å². The Balaban J connectivity index is 1.85. The van der Waals surface area contributed by atoms with Gasteiger partial charge in [0.05, 0.1) is 5.41 Å². The van der Waals surface area contributed by atoms with Gasteiger partial charge in [0.2, 0.25) is 0 Å². The Labute approximate surface area is 181 Å². The molecule has 2 nitrogen and oxygen atoms in total. The van der Waals surface area contributed by atoms with E-state index in [1.165, 1.54) is 33.4 Å². The van der Waals surface area contributed by atoms with E-state index in [1.807, 2.05) is 25.1 Å². The maximum absolute atomic E-state index is 10.8. The summed E-state index contributed by atoms with van der Waals surface area (Å²) in [5.74, 6) is 0.609. The Morgan fingerprint density at radius 1 is 0.806 bits per heavy atom. The molecule has 150 valence electrons. The second-order valence-electron chi connectivity index (χ2n) is 8.50. The van der Waals surface area contributed by atoms with Crippen molar-refractivity contribution < 1.29 is 10.2 Å². The van der Waals surface area contributed by atoms with Crippen LogP contribution < -0.4 is 0 Å². The molecule has 0 aromatic heterocycles. The van der Waals surface area contributed by atoms with Crippen LogP contribution in [0.4, 0.5) is 0 Å². The molecule has 0 bridgehead atoms. The Kier molecular flexibility index (Phi) is 3.56. The molecule has 2 aliphatic carbocycles. The number of fused-ring (bicyclic) bond motifs is 6. The van der Waals surface area contributed by atoms with Gasteiger partial charge >= 0.3 is 0 Å². The summed E-state index contributed by atoms with van der Waals surface area (Å²) in [6.45, 7) is 5.87. The van der Waals surface area contributed by atoms with Crippen LogP contribution in [0.5, 0.6) is 11.5 Å². The molecule has 2 N–H and O–H groups in total. The number of aryl methyl sites for hydroxylation is 1. The summed E-state index contributed by atoms with van der Waals surface area (Å²) in [5, 5.41) is 21.0. The van der Waals surface area contributed by atoms with Crippen LogP contribution >= 0.6 is 0 Å². The van der Waals surface area contributed by atoms with E-state index in [9.17, 15) is 10.2 Å². The van der Waals surface area contributed by atoms with Gasteiger partial charge in [0, 0.05) is 5.56 Å². The SMILES string of the molecule is C=CCc1c(O)ccc2c1-c1cccc3c1C2(c1ccc(O)c(C)c1)c1ccccc1-3. The summed E-state index contributed by atoms with van der Waals surface area (Å²) in [6, 6.07) is 24.9. The predicted molar refractivity (Wildman–Crippen MR) is 125 cm³/mol. The average Bonchev–Trinajstić information content (AvgIpc) is 3.25. The van der Waals surface area contributed by atoms with E-state index in [4.69, 9.17) is 0 Å². The number of benzene rings is 4. The lowest BCUT2D eigenvalue weighted by Crippen LogP contribution is -2.26. The lowest BCUT2D eigenvalue weighted by Gasteiger charge is -2.31. The number of hydrogen-bond acceptors (Lipinski definition) is 2. The first-order valence-electron chi connectivity index (χ1n) is 10.6. The van der Waals surface area contributed by atoms with Crippen LogP contribution in [-0.2, 0) is 11.8 Å². The maximum atomic E-state index is 10.8. The molecule has 4 aromatic carbocycles. The summed E-state index contributed by atoms with van der Waals surface area (Å²) in [6.07, 6.45) is 2.45. The van der Waals surface area contributed by atoms with Crippen molar-refractivity contribution in [3.8, 4) is 33.8 Å². The summed E-state index contributed by atoms with van der Waals surface area (Å²) in [5.41, 5.74) is 10.9. The molecule has 0 amide bonds. The first-order chi connectivity index (χ1) is 15.1. The molecule has 6 rings (SSSR count). The van der Waals surface area contributed by atoms with Crippen LogP contribution in [0.3, 0.4) is 0 Å². The summed E-state index contributed by atoms with van der Waals surface area (Å²) in [7, 11) is 0. The topological polar surface area (TPSA) is 40.5 Å². The van der Waals surface area contributed by atoms with Crippen LogP contribution in [0.2, 0.25) is 0 Å². The molecule has 2 heteroatoms. The van der Waals surface area contributed by atoms with E-state index in [1.54, 1.807) is 6.07 Å². The first-order valence-corrected chi connectivity index (χ1v) is 10.6. The molecule has 4 aromatic rings. The molecule has 0 saturated carbocycles. The van der Waals surface area contributed by atoms with Gasteiger partial charge < -0.3 is 10.2 Å².